The zero-order valence-electron chi connectivity index (χ0n) is 25.4. The van der Waals surface area contributed by atoms with Crippen LogP contribution >= 0.6 is 0 Å². The fourth-order valence-corrected chi connectivity index (χ4v) is 5.57. The van der Waals surface area contributed by atoms with Gasteiger partial charge in [-0.2, -0.15) is 26.3 Å². The summed E-state index contributed by atoms with van der Waals surface area (Å²) < 4.78 is 86.9. The Balaban J connectivity index is 1.56. The van der Waals surface area contributed by atoms with Crippen molar-refractivity contribution in [3.8, 4) is 16.9 Å². The van der Waals surface area contributed by atoms with E-state index >= 15 is 0 Å². The van der Waals surface area contributed by atoms with Crippen molar-refractivity contribution in [1.82, 2.24) is 10.2 Å². The van der Waals surface area contributed by atoms with Gasteiger partial charge in [0.15, 0.2) is 0 Å². The lowest BCUT2D eigenvalue weighted by molar-refractivity contribution is -0.376. The van der Waals surface area contributed by atoms with E-state index in [0.717, 1.165) is 17.2 Å². The molecule has 0 bridgehead atoms. The number of nitrogens with one attached hydrogen (secondary N) is 1. The minimum absolute atomic E-state index is 0.00724. The van der Waals surface area contributed by atoms with Crippen molar-refractivity contribution in [3.63, 3.8) is 0 Å². The van der Waals surface area contributed by atoms with E-state index < -0.39 is 29.1 Å². The summed E-state index contributed by atoms with van der Waals surface area (Å²) in [5.41, 5.74) is -4.50. The van der Waals surface area contributed by atoms with E-state index in [4.69, 9.17) is 4.74 Å². The molecule has 2 N–H and O–H groups in total. The summed E-state index contributed by atoms with van der Waals surface area (Å²) in [6, 6.07) is 17.0. The molecule has 0 radical (unpaired) electrons. The molecule has 0 aliphatic carbocycles. The third-order valence-electron chi connectivity index (χ3n) is 7.92. The number of hydrogen-bond donors (Lipinski definition) is 2. The number of aliphatic hydroxyl groups is 1. The van der Waals surface area contributed by atoms with Crippen LogP contribution in [0.1, 0.15) is 56.4 Å². The van der Waals surface area contributed by atoms with Crippen molar-refractivity contribution in [2.75, 3.05) is 6.54 Å². The zero-order valence-corrected chi connectivity index (χ0v) is 25.4. The Hall–Kier alpha value is -3.99. The van der Waals surface area contributed by atoms with Gasteiger partial charge in [-0.3, -0.25) is 9.69 Å². The van der Waals surface area contributed by atoms with Gasteiger partial charge in [-0.1, -0.05) is 74.5 Å². The van der Waals surface area contributed by atoms with Crippen molar-refractivity contribution >= 4 is 5.91 Å². The van der Waals surface area contributed by atoms with Gasteiger partial charge in [0, 0.05) is 12.1 Å². The molecule has 1 saturated heterocycles. The molecule has 11 heteroatoms. The Morgan fingerprint density at radius 2 is 1.60 bits per heavy atom. The first-order chi connectivity index (χ1) is 20.9. The summed E-state index contributed by atoms with van der Waals surface area (Å²) in [5, 5.41) is 13.1. The summed E-state index contributed by atoms with van der Waals surface area (Å²) in [6.45, 7) is 11.7. The number of aryl methyl sites for hydroxylation is 1. The highest BCUT2D eigenvalue weighted by Crippen LogP contribution is 2.50. The van der Waals surface area contributed by atoms with Crippen LogP contribution in [0, 0.1) is 0 Å². The second-order valence-electron chi connectivity index (χ2n) is 11.6. The van der Waals surface area contributed by atoms with Crippen LogP contribution in [0.4, 0.5) is 26.3 Å². The first kappa shape index (κ1) is 33.9. The van der Waals surface area contributed by atoms with Crippen LogP contribution in [0.25, 0.3) is 11.1 Å². The standard InChI is InChI=1S/C34H36F6N2O3/c1-6-8-24-20-27(32(44,33(35,36)37)34(38,39)40)13-16-29(24)25-10-7-9-23(19-25)17-18-42-22(4)41-31(5,30(42)43)26-11-14-28(15-12-26)45-21(2)3/h7,9-16,19-21,41,44H,4,6,8,17-18H2,1-3,5H3. The summed E-state index contributed by atoms with van der Waals surface area (Å²) in [5.74, 6) is 0.930. The molecule has 0 aromatic heterocycles. The van der Waals surface area contributed by atoms with E-state index in [2.05, 4.69) is 11.9 Å². The average Bonchev–Trinajstić information content (AvgIpc) is 3.18. The van der Waals surface area contributed by atoms with Crippen LogP contribution in [-0.4, -0.2) is 40.9 Å². The van der Waals surface area contributed by atoms with Gasteiger partial charge in [0.2, 0.25) is 0 Å². The number of carbonyl (C=O) groups excluding carboxylic acids is 1. The Morgan fingerprint density at radius 3 is 2.18 bits per heavy atom. The number of hydrogen-bond acceptors (Lipinski definition) is 4. The van der Waals surface area contributed by atoms with E-state index in [1.165, 1.54) is 6.07 Å². The van der Waals surface area contributed by atoms with Crippen molar-refractivity contribution in [3.05, 3.63) is 101 Å². The van der Waals surface area contributed by atoms with Gasteiger partial charge in [-0.05, 0) is 73.6 Å². The van der Waals surface area contributed by atoms with Crippen LogP contribution in [0.3, 0.4) is 0 Å². The molecule has 1 amide bonds. The first-order valence-corrected chi connectivity index (χ1v) is 14.6. The second-order valence-corrected chi connectivity index (χ2v) is 11.6. The quantitative estimate of drug-likeness (QED) is 0.224. The number of benzene rings is 3. The van der Waals surface area contributed by atoms with Gasteiger partial charge >= 0.3 is 12.4 Å². The van der Waals surface area contributed by atoms with Gasteiger partial charge in [-0.25, -0.2) is 0 Å². The van der Waals surface area contributed by atoms with E-state index in [0.29, 0.717) is 41.6 Å². The monoisotopic (exact) mass is 634 g/mol. The minimum Gasteiger partial charge on any atom is -0.491 e. The Kier molecular flexibility index (Phi) is 9.36. The van der Waals surface area contributed by atoms with Crippen molar-refractivity contribution in [2.45, 2.75) is 76.6 Å². The zero-order chi connectivity index (χ0) is 33.4. The number of carbonyl (C=O) groups is 1. The topological polar surface area (TPSA) is 61.8 Å². The molecule has 1 fully saturated rings. The lowest BCUT2D eigenvalue weighted by Gasteiger charge is -2.33. The van der Waals surface area contributed by atoms with E-state index in [1.807, 2.05) is 32.0 Å². The van der Waals surface area contributed by atoms with Crippen molar-refractivity contribution in [1.29, 1.82) is 0 Å². The summed E-state index contributed by atoms with van der Waals surface area (Å²) in [6.07, 6.45) is -10.9. The van der Waals surface area contributed by atoms with Crippen molar-refractivity contribution < 1.29 is 41.0 Å². The van der Waals surface area contributed by atoms with Crippen molar-refractivity contribution in [2.24, 2.45) is 0 Å². The molecule has 0 spiro atoms. The van der Waals surface area contributed by atoms with Gasteiger partial charge in [0.05, 0.1) is 6.10 Å². The number of nitrogens with zero attached hydrogens (tertiary/aromatic N) is 1. The maximum absolute atomic E-state index is 13.6. The number of alkyl halides is 6. The molecule has 242 valence electrons. The molecule has 1 aliphatic rings. The fourth-order valence-electron chi connectivity index (χ4n) is 5.57. The largest absolute Gasteiger partial charge is 0.491 e. The second kappa shape index (κ2) is 12.4. The fraction of sp³-hybridized carbons (Fsp3) is 0.382. The Bertz CT molecular complexity index is 1530. The van der Waals surface area contributed by atoms with Crippen LogP contribution in [-0.2, 0) is 28.8 Å². The molecule has 45 heavy (non-hydrogen) atoms. The van der Waals surface area contributed by atoms with Crippen LogP contribution in [0.5, 0.6) is 5.75 Å². The molecule has 3 aromatic carbocycles. The normalized spacial score (nSPS) is 17.6. The number of rotatable bonds is 10. The average molecular weight is 635 g/mol. The maximum Gasteiger partial charge on any atom is 0.430 e. The Morgan fingerprint density at radius 1 is 0.956 bits per heavy atom. The lowest BCUT2D eigenvalue weighted by Crippen LogP contribution is -2.53. The number of halogens is 6. The summed E-state index contributed by atoms with van der Waals surface area (Å²) >= 11 is 0. The molecule has 1 aliphatic heterocycles. The van der Waals surface area contributed by atoms with Gasteiger partial charge in [0.1, 0.15) is 17.1 Å². The highest BCUT2D eigenvalue weighted by atomic mass is 19.4. The maximum atomic E-state index is 13.6. The van der Waals surface area contributed by atoms with E-state index in [1.54, 1.807) is 49.1 Å². The van der Waals surface area contributed by atoms with Gasteiger partial charge in [0.25, 0.3) is 11.5 Å². The molecule has 4 rings (SSSR count). The molecule has 1 atom stereocenters. The highest BCUT2D eigenvalue weighted by Gasteiger charge is 2.71. The molecule has 5 nitrogen and oxygen atoms in total. The SMILES string of the molecule is C=C1NC(C)(c2ccc(OC(C)C)cc2)C(=O)N1CCc1cccc(-c2ccc(C(O)(C(F)(F)F)C(F)(F)F)cc2CCC)c1. The predicted octanol–water partition coefficient (Wildman–Crippen LogP) is 7.77. The number of amides is 1. The van der Waals surface area contributed by atoms with Crippen LogP contribution in [0.2, 0.25) is 0 Å². The molecular formula is C34H36F6N2O3. The molecule has 0 saturated carbocycles. The molecule has 3 aromatic rings. The first-order valence-electron chi connectivity index (χ1n) is 14.6. The third-order valence-corrected chi connectivity index (χ3v) is 7.92. The van der Waals surface area contributed by atoms with Crippen LogP contribution < -0.4 is 10.1 Å². The summed E-state index contributed by atoms with van der Waals surface area (Å²) in [4.78, 5) is 15.1. The molecule has 1 unspecified atom stereocenters. The van der Waals surface area contributed by atoms with Gasteiger partial charge < -0.3 is 15.2 Å². The minimum atomic E-state index is -5.97. The van der Waals surface area contributed by atoms with Crippen LogP contribution in [0.15, 0.2) is 79.1 Å². The summed E-state index contributed by atoms with van der Waals surface area (Å²) in [7, 11) is 0. The predicted molar refractivity (Wildman–Crippen MR) is 159 cm³/mol. The molecule has 1 heterocycles. The van der Waals surface area contributed by atoms with E-state index in [-0.39, 0.29) is 30.5 Å². The number of ether oxygens (including phenoxy) is 1. The smallest absolute Gasteiger partial charge is 0.430 e. The van der Waals surface area contributed by atoms with Gasteiger partial charge in [-0.15, -0.1) is 0 Å². The Labute approximate surface area is 258 Å². The van der Waals surface area contributed by atoms with E-state index in [9.17, 15) is 36.2 Å². The molecular weight excluding hydrogens is 598 g/mol. The lowest BCUT2D eigenvalue weighted by atomic mass is 9.86. The highest BCUT2D eigenvalue weighted by molar-refractivity contribution is 5.91. The third kappa shape index (κ3) is 6.54.